The molecule has 0 N–H and O–H groups in total. The van der Waals surface area contributed by atoms with Gasteiger partial charge in [-0.25, -0.2) is 0 Å². The van der Waals surface area contributed by atoms with Crippen molar-refractivity contribution in [2.45, 2.75) is 38.6 Å². The van der Waals surface area contributed by atoms with E-state index in [0.717, 1.165) is 36.7 Å². The Morgan fingerprint density at radius 3 is 2.59 bits per heavy atom. The van der Waals surface area contributed by atoms with Crippen LogP contribution in [0.25, 0.3) is 0 Å². The van der Waals surface area contributed by atoms with E-state index in [9.17, 15) is 0 Å². The Kier molecular flexibility index (Phi) is 4.21. The predicted molar refractivity (Wildman–Crippen MR) is 89.6 cm³/mol. The maximum absolute atomic E-state index is 4.78. The van der Waals surface area contributed by atoms with E-state index in [1.54, 1.807) is 0 Å². The SMILES string of the molecule is CC(C)c1nc(N(C)C)nc(N2CCC[C@H]3CN(C)C[C@H]32)n1. The molecule has 2 atom stereocenters. The van der Waals surface area contributed by atoms with Crippen LogP contribution in [0.15, 0.2) is 0 Å². The van der Waals surface area contributed by atoms with E-state index < -0.39 is 0 Å². The first-order chi connectivity index (χ1) is 10.5. The van der Waals surface area contributed by atoms with Crippen LogP contribution >= 0.6 is 0 Å². The molecular formula is C16H28N6. The fraction of sp³-hybridized carbons (Fsp3) is 0.812. The van der Waals surface area contributed by atoms with Gasteiger partial charge in [-0.2, -0.15) is 15.0 Å². The highest BCUT2D eigenvalue weighted by atomic mass is 15.4. The first-order valence-corrected chi connectivity index (χ1v) is 8.34. The average molecular weight is 304 g/mol. The number of rotatable bonds is 3. The van der Waals surface area contributed by atoms with Gasteiger partial charge in [-0.1, -0.05) is 13.8 Å². The molecule has 0 saturated carbocycles. The van der Waals surface area contributed by atoms with Gasteiger partial charge in [-0.3, -0.25) is 0 Å². The second-order valence-electron chi connectivity index (χ2n) is 7.23. The molecule has 6 heteroatoms. The smallest absolute Gasteiger partial charge is 0.230 e. The minimum absolute atomic E-state index is 0.312. The van der Waals surface area contributed by atoms with Crippen LogP contribution in [-0.4, -0.2) is 66.7 Å². The van der Waals surface area contributed by atoms with Crippen molar-refractivity contribution in [3.8, 4) is 0 Å². The van der Waals surface area contributed by atoms with Crippen LogP contribution in [-0.2, 0) is 0 Å². The summed E-state index contributed by atoms with van der Waals surface area (Å²) in [6, 6.07) is 0.552. The van der Waals surface area contributed by atoms with Crippen molar-refractivity contribution in [3.05, 3.63) is 5.82 Å². The number of fused-ring (bicyclic) bond motifs is 1. The molecule has 6 nitrogen and oxygen atoms in total. The molecule has 0 aliphatic carbocycles. The third-order valence-electron chi connectivity index (χ3n) is 4.77. The van der Waals surface area contributed by atoms with Crippen molar-refractivity contribution in [1.82, 2.24) is 19.9 Å². The molecular weight excluding hydrogens is 276 g/mol. The molecule has 0 unspecified atom stereocenters. The largest absolute Gasteiger partial charge is 0.347 e. The van der Waals surface area contributed by atoms with Crippen LogP contribution in [0, 0.1) is 5.92 Å². The van der Waals surface area contributed by atoms with E-state index >= 15 is 0 Å². The lowest BCUT2D eigenvalue weighted by Crippen LogP contribution is -2.46. The highest BCUT2D eigenvalue weighted by Gasteiger charge is 2.39. The fourth-order valence-electron chi connectivity index (χ4n) is 3.60. The Bertz CT molecular complexity index is 503. The van der Waals surface area contributed by atoms with Gasteiger partial charge in [-0.15, -0.1) is 0 Å². The summed E-state index contributed by atoms with van der Waals surface area (Å²) < 4.78 is 0. The van der Waals surface area contributed by atoms with Gasteiger partial charge in [0, 0.05) is 45.7 Å². The summed E-state index contributed by atoms with van der Waals surface area (Å²) in [5.74, 6) is 3.59. The van der Waals surface area contributed by atoms with Gasteiger partial charge >= 0.3 is 0 Å². The third kappa shape index (κ3) is 2.89. The molecule has 0 bridgehead atoms. The van der Waals surface area contributed by atoms with E-state index in [2.05, 4.69) is 35.7 Å². The van der Waals surface area contributed by atoms with Crippen LogP contribution in [0.5, 0.6) is 0 Å². The van der Waals surface area contributed by atoms with Gasteiger partial charge in [-0.05, 0) is 25.8 Å². The zero-order valence-electron chi connectivity index (χ0n) is 14.5. The summed E-state index contributed by atoms with van der Waals surface area (Å²) in [6.07, 6.45) is 2.56. The molecule has 1 aromatic rings. The van der Waals surface area contributed by atoms with Crippen LogP contribution in [0.3, 0.4) is 0 Å². The van der Waals surface area contributed by atoms with Gasteiger partial charge in [0.2, 0.25) is 11.9 Å². The lowest BCUT2D eigenvalue weighted by molar-refractivity contribution is 0.368. The van der Waals surface area contributed by atoms with E-state index in [0.29, 0.717) is 12.0 Å². The molecule has 2 aliphatic rings. The van der Waals surface area contributed by atoms with Crippen LogP contribution in [0.4, 0.5) is 11.9 Å². The number of hydrogen-bond donors (Lipinski definition) is 0. The zero-order valence-corrected chi connectivity index (χ0v) is 14.5. The van der Waals surface area contributed by atoms with Crippen LogP contribution in [0.1, 0.15) is 38.4 Å². The molecule has 0 spiro atoms. The summed E-state index contributed by atoms with van der Waals surface area (Å²) in [5.41, 5.74) is 0. The van der Waals surface area contributed by atoms with Crippen molar-refractivity contribution >= 4 is 11.9 Å². The number of hydrogen-bond acceptors (Lipinski definition) is 6. The summed E-state index contributed by atoms with van der Waals surface area (Å²) in [7, 11) is 6.20. The van der Waals surface area contributed by atoms with E-state index in [-0.39, 0.29) is 0 Å². The van der Waals surface area contributed by atoms with Crippen molar-refractivity contribution in [1.29, 1.82) is 0 Å². The molecule has 1 aromatic heterocycles. The first kappa shape index (κ1) is 15.5. The van der Waals surface area contributed by atoms with Gasteiger partial charge < -0.3 is 14.7 Å². The van der Waals surface area contributed by atoms with Crippen molar-refractivity contribution in [2.75, 3.05) is 50.6 Å². The molecule has 2 fully saturated rings. The monoisotopic (exact) mass is 304 g/mol. The maximum Gasteiger partial charge on any atom is 0.230 e. The summed E-state index contributed by atoms with van der Waals surface area (Å²) >= 11 is 0. The average Bonchev–Trinajstić information content (AvgIpc) is 2.86. The molecule has 3 heterocycles. The number of anilines is 2. The Balaban J connectivity index is 1.95. The standard InChI is InChI=1S/C16H28N6/c1-11(2)14-17-15(20(3)4)19-16(18-14)22-8-6-7-12-9-21(5)10-13(12)22/h11-13H,6-10H2,1-5H3/t12-,13+/m0/s1. The van der Waals surface area contributed by atoms with Crippen molar-refractivity contribution in [2.24, 2.45) is 5.92 Å². The minimum atomic E-state index is 0.312. The molecule has 0 amide bonds. The quantitative estimate of drug-likeness (QED) is 0.845. The maximum atomic E-state index is 4.78. The zero-order chi connectivity index (χ0) is 15.9. The first-order valence-electron chi connectivity index (χ1n) is 8.34. The second-order valence-corrected chi connectivity index (χ2v) is 7.23. The highest BCUT2D eigenvalue weighted by molar-refractivity contribution is 5.40. The van der Waals surface area contributed by atoms with E-state index in [1.807, 2.05) is 19.0 Å². The summed E-state index contributed by atoms with van der Waals surface area (Å²) in [6.45, 7) is 7.65. The van der Waals surface area contributed by atoms with Gasteiger partial charge in [0.25, 0.3) is 0 Å². The summed E-state index contributed by atoms with van der Waals surface area (Å²) in [5, 5.41) is 0. The number of piperidine rings is 1. The molecule has 2 saturated heterocycles. The molecule has 3 rings (SSSR count). The topological polar surface area (TPSA) is 48.4 Å². The highest BCUT2D eigenvalue weighted by Crippen LogP contribution is 2.32. The van der Waals surface area contributed by atoms with Gasteiger partial charge in [0.1, 0.15) is 5.82 Å². The molecule has 22 heavy (non-hydrogen) atoms. The molecule has 2 aliphatic heterocycles. The lowest BCUT2D eigenvalue weighted by Gasteiger charge is -2.37. The number of nitrogens with zero attached hydrogens (tertiary/aromatic N) is 6. The fourth-order valence-corrected chi connectivity index (χ4v) is 3.60. The molecule has 0 radical (unpaired) electrons. The summed E-state index contributed by atoms with van der Waals surface area (Å²) in [4.78, 5) is 20.9. The Labute approximate surface area is 133 Å². The molecule has 122 valence electrons. The second kappa shape index (κ2) is 5.99. The van der Waals surface area contributed by atoms with Crippen LogP contribution < -0.4 is 9.80 Å². The van der Waals surface area contributed by atoms with E-state index in [1.165, 1.54) is 19.4 Å². The Morgan fingerprint density at radius 1 is 1.14 bits per heavy atom. The third-order valence-corrected chi connectivity index (χ3v) is 4.77. The minimum Gasteiger partial charge on any atom is -0.347 e. The normalized spacial score (nSPS) is 25.6. The van der Waals surface area contributed by atoms with Gasteiger partial charge in [0.05, 0.1) is 0 Å². The number of likely N-dealkylation sites (N-methyl/N-ethyl adjacent to an activating group) is 1. The Hall–Kier alpha value is -1.43. The van der Waals surface area contributed by atoms with E-state index in [4.69, 9.17) is 9.97 Å². The van der Waals surface area contributed by atoms with Crippen molar-refractivity contribution in [3.63, 3.8) is 0 Å². The number of likely N-dealkylation sites (tertiary alicyclic amines) is 1. The lowest BCUT2D eigenvalue weighted by atomic mass is 9.92. The van der Waals surface area contributed by atoms with Gasteiger partial charge in [0.15, 0.2) is 0 Å². The molecule has 0 aromatic carbocycles. The number of aromatic nitrogens is 3. The Morgan fingerprint density at radius 2 is 1.91 bits per heavy atom. The van der Waals surface area contributed by atoms with Crippen LogP contribution in [0.2, 0.25) is 0 Å². The van der Waals surface area contributed by atoms with Crippen molar-refractivity contribution < 1.29 is 0 Å². The predicted octanol–water partition coefficient (Wildman–Crippen LogP) is 1.59.